The van der Waals surface area contributed by atoms with Crippen molar-refractivity contribution < 1.29 is 9.13 Å². The van der Waals surface area contributed by atoms with E-state index < -0.39 is 0 Å². The summed E-state index contributed by atoms with van der Waals surface area (Å²) in [5.41, 5.74) is 7.75. The van der Waals surface area contributed by atoms with Crippen molar-refractivity contribution in [1.82, 2.24) is 4.98 Å². The van der Waals surface area contributed by atoms with Gasteiger partial charge in [0.2, 0.25) is 5.88 Å². The number of anilines is 2. The molecule has 4 nitrogen and oxygen atoms in total. The zero-order chi connectivity index (χ0) is 13.8. The lowest BCUT2D eigenvalue weighted by atomic mass is 10.2. The van der Waals surface area contributed by atoms with Crippen molar-refractivity contribution in [2.24, 2.45) is 0 Å². The number of ether oxygens (including phenoxy) is 1. The number of hydrogen-bond donors (Lipinski definition) is 2. The summed E-state index contributed by atoms with van der Waals surface area (Å²) in [4.78, 5) is 4.10. The van der Waals surface area contributed by atoms with Crippen LogP contribution in [0.5, 0.6) is 5.88 Å². The molecule has 0 unspecified atom stereocenters. The largest absolute Gasteiger partial charge is 0.481 e. The quantitative estimate of drug-likeness (QED) is 0.847. The van der Waals surface area contributed by atoms with Gasteiger partial charge >= 0.3 is 0 Å². The Labute approximate surface area is 118 Å². The van der Waals surface area contributed by atoms with Crippen molar-refractivity contribution in [3.8, 4) is 5.88 Å². The van der Waals surface area contributed by atoms with Gasteiger partial charge in [-0.1, -0.05) is 6.07 Å². The van der Waals surface area contributed by atoms with Gasteiger partial charge in [0.1, 0.15) is 5.82 Å². The van der Waals surface area contributed by atoms with Crippen molar-refractivity contribution in [3.63, 3.8) is 0 Å². The molecule has 2 aromatic rings. The van der Waals surface area contributed by atoms with Crippen LogP contribution in [0, 0.1) is 5.82 Å². The molecule has 19 heavy (non-hydrogen) atoms. The standard InChI is InChI=1S/C13H13BrFN3O/c1-19-13-3-2-8(7-18-13)6-17-12-4-9(14)10(15)5-11(12)16/h2-5,7,17H,6,16H2,1H3. The van der Waals surface area contributed by atoms with Gasteiger partial charge < -0.3 is 15.8 Å². The molecular formula is C13H13BrFN3O. The molecule has 0 aliphatic rings. The monoisotopic (exact) mass is 325 g/mol. The molecule has 0 atom stereocenters. The van der Waals surface area contributed by atoms with E-state index >= 15 is 0 Å². The Morgan fingerprint density at radius 3 is 2.84 bits per heavy atom. The molecule has 0 bridgehead atoms. The second-order valence-electron chi connectivity index (χ2n) is 3.92. The van der Waals surface area contributed by atoms with Gasteiger partial charge in [-0.2, -0.15) is 0 Å². The number of nitrogen functional groups attached to an aromatic ring is 1. The zero-order valence-electron chi connectivity index (χ0n) is 10.3. The van der Waals surface area contributed by atoms with E-state index in [1.807, 2.05) is 6.07 Å². The SMILES string of the molecule is COc1ccc(CNc2cc(Br)c(F)cc2N)cn1. The third-order valence-corrected chi connectivity index (χ3v) is 3.19. The molecule has 0 aliphatic carbocycles. The van der Waals surface area contributed by atoms with Crippen molar-refractivity contribution >= 4 is 27.3 Å². The number of nitrogens with zero attached hydrogens (tertiary/aromatic N) is 1. The van der Waals surface area contributed by atoms with Crippen LogP contribution in [0.1, 0.15) is 5.56 Å². The lowest BCUT2D eigenvalue weighted by Gasteiger charge is -2.10. The van der Waals surface area contributed by atoms with Crippen LogP contribution in [0.15, 0.2) is 34.9 Å². The Bertz CT molecular complexity index is 575. The first-order chi connectivity index (χ1) is 9.10. The van der Waals surface area contributed by atoms with Gasteiger partial charge in [0.25, 0.3) is 0 Å². The Morgan fingerprint density at radius 2 is 2.21 bits per heavy atom. The Hall–Kier alpha value is -1.82. The van der Waals surface area contributed by atoms with Gasteiger partial charge in [-0.25, -0.2) is 9.37 Å². The number of hydrogen-bond acceptors (Lipinski definition) is 4. The summed E-state index contributed by atoms with van der Waals surface area (Å²) in [5, 5.41) is 3.13. The van der Waals surface area contributed by atoms with Crippen LogP contribution in [-0.2, 0) is 6.54 Å². The van der Waals surface area contributed by atoms with Crippen molar-refractivity contribution in [2.45, 2.75) is 6.54 Å². The number of benzene rings is 1. The van der Waals surface area contributed by atoms with E-state index in [1.165, 1.54) is 6.07 Å². The van der Waals surface area contributed by atoms with E-state index in [9.17, 15) is 4.39 Å². The number of nitrogens with one attached hydrogen (secondary N) is 1. The molecule has 0 radical (unpaired) electrons. The molecule has 3 N–H and O–H groups in total. The zero-order valence-corrected chi connectivity index (χ0v) is 11.9. The molecule has 100 valence electrons. The molecule has 1 aromatic carbocycles. The minimum absolute atomic E-state index is 0.363. The predicted molar refractivity (Wildman–Crippen MR) is 76.6 cm³/mol. The van der Waals surface area contributed by atoms with E-state index in [2.05, 4.69) is 26.2 Å². The fourth-order valence-corrected chi connectivity index (χ4v) is 1.89. The maximum Gasteiger partial charge on any atom is 0.212 e. The van der Waals surface area contributed by atoms with Crippen LogP contribution in [0.4, 0.5) is 15.8 Å². The number of methoxy groups -OCH3 is 1. The molecule has 0 saturated heterocycles. The Balaban J connectivity index is 2.07. The molecule has 1 aromatic heterocycles. The van der Waals surface area contributed by atoms with E-state index in [4.69, 9.17) is 10.5 Å². The fraction of sp³-hybridized carbons (Fsp3) is 0.154. The van der Waals surface area contributed by atoms with Gasteiger partial charge in [-0.3, -0.25) is 0 Å². The first-order valence-electron chi connectivity index (χ1n) is 5.57. The van der Waals surface area contributed by atoms with Gasteiger partial charge in [0.05, 0.1) is 23.0 Å². The Kier molecular flexibility index (Phi) is 4.21. The van der Waals surface area contributed by atoms with Crippen LogP contribution >= 0.6 is 15.9 Å². The highest BCUT2D eigenvalue weighted by Crippen LogP contribution is 2.27. The predicted octanol–water partition coefficient (Wildman–Crippen LogP) is 3.19. The van der Waals surface area contributed by atoms with E-state index in [-0.39, 0.29) is 5.82 Å². The number of nitrogens with two attached hydrogens (primary N) is 1. The van der Waals surface area contributed by atoms with Crippen LogP contribution in [-0.4, -0.2) is 12.1 Å². The third-order valence-electron chi connectivity index (χ3n) is 2.58. The van der Waals surface area contributed by atoms with Crippen LogP contribution in [0.2, 0.25) is 0 Å². The summed E-state index contributed by atoms with van der Waals surface area (Å²) in [5.74, 6) is 0.182. The van der Waals surface area contributed by atoms with E-state index in [1.54, 1.807) is 25.4 Å². The number of rotatable bonds is 4. The summed E-state index contributed by atoms with van der Waals surface area (Å²) < 4.78 is 18.6. The van der Waals surface area contributed by atoms with Crippen LogP contribution in [0.25, 0.3) is 0 Å². The van der Waals surface area contributed by atoms with Crippen molar-refractivity contribution in [1.29, 1.82) is 0 Å². The maximum atomic E-state index is 13.2. The van der Waals surface area contributed by atoms with Gasteiger partial charge in [-0.15, -0.1) is 0 Å². The number of halogens is 2. The second kappa shape index (κ2) is 5.88. The van der Waals surface area contributed by atoms with Crippen molar-refractivity contribution in [3.05, 3.63) is 46.3 Å². The minimum atomic E-state index is -0.380. The molecule has 0 fully saturated rings. The number of pyridine rings is 1. The molecule has 0 spiro atoms. The molecule has 0 saturated carbocycles. The fourth-order valence-electron chi connectivity index (χ4n) is 1.55. The first kappa shape index (κ1) is 13.6. The first-order valence-corrected chi connectivity index (χ1v) is 6.36. The molecule has 0 amide bonds. The normalized spacial score (nSPS) is 10.3. The average Bonchev–Trinajstić information content (AvgIpc) is 2.42. The molecule has 0 aliphatic heterocycles. The summed E-state index contributed by atoms with van der Waals surface area (Å²) in [6.45, 7) is 0.541. The second-order valence-corrected chi connectivity index (χ2v) is 4.77. The summed E-state index contributed by atoms with van der Waals surface area (Å²) >= 11 is 3.13. The van der Waals surface area contributed by atoms with E-state index in [0.717, 1.165) is 5.56 Å². The van der Waals surface area contributed by atoms with Gasteiger partial charge in [-0.05, 0) is 27.6 Å². The molecule has 2 rings (SSSR count). The maximum absolute atomic E-state index is 13.2. The van der Waals surface area contributed by atoms with Gasteiger partial charge in [0, 0.05) is 24.9 Å². The smallest absolute Gasteiger partial charge is 0.212 e. The van der Waals surface area contributed by atoms with Crippen molar-refractivity contribution in [2.75, 3.05) is 18.2 Å². The Morgan fingerprint density at radius 1 is 1.42 bits per heavy atom. The summed E-state index contributed by atoms with van der Waals surface area (Å²) in [6, 6.07) is 6.56. The highest BCUT2D eigenvalue weighted by atomic mass is 79.9. The highest BCUT2D eigenvalue weighted by Gasteiger charge is 2.05. The summed E-state index contributed by atoms with van der Waals surface area (Å²) in [6.07, 6.45) is 1.71. The minimum Gasteiger partial charge on any atom is -0.481 e. The van der Waals surface area contributed by atoms with E-state index in [0.29, 0.717) is 28.3 Å². The lowest BCUT2D eigenvalue weighted by Crippen LogP contribution is -2.03. The van der Waals surface area contributed by atoms with Gasteiger partial charge in [0.15, 0.2) is 0 Å². The molecule has 6 heteroatoms. The third kappa shape index (κ3) is 3.35. The average molecular weight is 326 g/mol. The molecule has 1 heterocycles. The number of aromatic nitrogens is 1. The van der Waals surface area contributed by atoms with Crippen LogP contribution < -0.4 is 15.8 Å². The molecular weight excluding hydrogens is 313 g/mol. The lowest BCUT2D eigenvalue weighted by molar-refractivity contribution is 0.397. The highest BCUT2D eigenvalue weighted by molar-refractivity contribution is 9.10. The van der Waals surface area contributed by atoms with Crippen LogP contribution in [0.3, 0.4) is 0 Å². The topological polar surface area (TPSA) is 60.2 Å². The summed E-state index contributed by atoms with van der Waals surface area (Å²) in [7, 11) is 1.57.